The zero-order valence-electron chi connectivity index (χ0n) is 16.9. The predicted octanol–water partition coefficient (Wildman–Crippen LogP) is 3.86. The molecule has 3 heterocycles. The van der Waals surface area contributed by atoms with Crippen LogP contribution in [0.3, 0.4) is 0 Å². The van der Waals surface area contributed by atoms with Crippen molar-refractivity contribution in [3.05, 3.63) is 70.9 Å². The van der Waals surface area contributed by atoms with E-state index in [0.717, 1.165) is 0 Å². The summed E-state index contributed by atoms with van der Waals surface area (Å²) >= 11 is 6.47. The number of pyridine rings is 1. The SMILES string of the molecule is Cc1nn(-c2ccc(F)cc2)c(Cl)c1C=CC(=O)Nc1cccnc1N1CCOCC1. The minimum Gasteiger partial charge on any atom is -0.378 e. The molecule has 2 aromatic heterocycles. The van der Waals surface area contributed by atoms with E-state index in [1.165, 1.54) is 22.9 Å². The lowest BCUT2D eigenvalue weighted by molar-refractivity contribution is -0.111. The van der Waals surface area contributed by atoms with E-state index in [9.17, 15) is 9.18 Å². The van der Waals surface area contributed by atoms with Crippen molar-refractivity contribution in [2.45, 2.75) is 6.92 Å². The van der Waals surface area contributed by atoms with Gasteiger partial charge in [0.05, 0.1) is 30.3 Å². The van der Waals surface area contributed by atoms with Crippen LogP contribution in [0.25, 0.3) is 11.8 Å². The van der Waals surface area contributed by atoms with E-state index in [2.05, 4.69) is 20.3 Å². The van der Waals surface area contributed by atoms with Gasteiger partial charge >= 0.3 is 0 Å². The molecule has 1 aliphatic rings. The number of aryl methyl sites for hydroxylation is 1. The number of hydrogen-bond donors (Lipinski definition) is 1. The molecule has 1 saturated heterocycles. The van der Waals surface area contributed by atoms with Crippen molar-refractivity contribution in [2.75, 3.05) is 36.5 Å². The first-order valence-corrected chi connectivity index (χ1v) is 10.2. The summed E-state index contributed by atoms with van der Waals surface area (Å²) in [4.78, 5) is 19.1. The van der Waals surface area contributed by atoms with Crippen molar-refractivity contribution in [3.63, 3.8) is 0 Å². The van der Waals surface area contributed by atoms with Crippen LogP contribution in [0.15, 0.2) is 48.7 Å². The highest BCUT2D eigenvalue weighted by atomic mass is 35.5. The van der Waals surface area contributed by atoms with E-state index >= 15 is 0 Å². The molecule has 0 aliphatic carbocycles. The van der Waals surface area contributed by atoms with Gasteiger partial charge in [0.25, 0.3) is 0 Å². The topological polar surface area (TPSA) is 72.3 Å². The van der Waals surface area contributed by atoms with Gasteiger partial charge in [-0.3, -0.25) is 4.79 Å². The van der Waals surface area contributed by atoms with Crippen molar-refractivity contribution in [1.82, 2.24) is 14.8 Å². The second-order valence-electron chi connectivity index (χ2n) is 6.97. The molecular weight excluding hydrogens is 421 g/mol. The van der Waals surface area contributed by atoms with Gasteiger partial charge in [-0.05, 0) is 49.4 Å². The van der Waals surface area contributed by atoms with Crippen molar-refractivity contribution in [3.8, 4) is 5.69 Å². The van der Waals surface area contributed by atoms with Crippen molar-refractivity contribution >= 4 is 35.1 Å². The number of nitrogens with zero attached hydrogens (tertiary/aromatic N) is 4. The number of amides is 1. The first-order chi connectivity index (χ1) is 15.0. The van der Waals surface area contributed by atoms with E-state index in [1.54, 1.807) is 37.4 Å². The molecule has 4 rings (SSSR count). The van der Waals surface area contributed by atoms with Crippen molar-refractivity contribution < 1.29 is 13.9 Å². The van der Waals surface area contributed by atoms with Gasteiger partial charge in [0, 0.05) is 30.9 Å². The highest BCUT2D eigenvalue weighted by molar-refractivity contribution is 6.31. The Bertz CT molecular complexity index is 1110. The molecule has 1 amide bonds. The third kappa shape index (κ3) is 4.76. The van der Waals surface area contributed by atoms with Gasteiger partial charge in [-0.25, -0.2) is 14.1 Å². The standard InChI is InChI=1S/C22H21ClFN5O2/c1-15-18(21(23)29(27-15)17-6-4-16(24)5-7-17)8-9-20(30)26-19-3-2-10-25-22(19)28-11-13-31-14-12-28/h2-10H,11-14H2,1H3,(H,26,30). The highest BCUT2D eigenvalue weighted by Crippen LogP contribution is 2.26. The Morgan fingerprint density at radius 2 is 1.97 bits per heavy atom. The van der Waals surface area contributed by atoms with Crippen LogP contribution in [-0.2, 0) is 9.53 Å². The Morgan fingerprint density at radius 1 is 1.23 bits per heavy atom. The number of rotatable bonds is 5. The number of carbonyl (C=O) groups is 1. The minimum atomic E-state index is -0.340. The molecule has 9 heteroatoms. The van der Waals surface area contributed by atoms with Crippen LogP contribution in [0.4, 0.5) is 15.9 Å². The molecule has 0 saturated carbocycles. The summed E-state index contributed by atoms with van der Waals surface area (Å²) in [6, 6.07) is 9.44. The van der Waals surface area contributed by atoms with Crippen LogP contribution in [0.2, 0.25) is 5.15 Å². The van der Waals surface area contributed by atoms with E-state index in [-0.39, 0.29) is 11.7 Å². The molecule has 31 heavy (non-hydrogen) atoms. The molecule has 1 fully saturated rings. The number of morpholine rings is 1. The average Bonchev–Trinajstić information content (AvgIpc) is 3.07. The second-order valence-corrected chi connectivity index (χ2v) is 7.33. The van der Waals surface area contributed by atoms with Gasteiger partial charge in [-0.1, -0.05) is 11.6 Å². The third-order valence-electron chi connectivity index (χ3n) is 4.88. The van der Waals surface area contributed by atoms with E-state index in [4.69, 9.17) is 16.3 Å². The number of halogens is 2. The fourth-order valence-electron chi connectivity index (χ4n) is 3.31. The minimum absolute atomic E-state index is 0.312. The van der Waals surface area contributed by atoms with E-state index < -0.39 is 0 Å². The Balaban J connectivity index is 1.51. The van der Waals surface area contributed by atoms with Gasteiger partial charge in [0.1, 0.15) is 11.0 Å². The molecule has 0 atom stereocenters. The lowest BCUT2D eigenvalue weighted by Crippen LogP contribution is -2.37. The monoisotopic (exact) mass is 441 g/mol. The maximum atomic E-state index is 13.2. The highest BCUT2D eigenvalue weighted by Gasteiger charge is 2.17. The Hall–Kier alpha value is -3.23. The smallest absolute Gasteiger partial charge is 0.248 e. The number of benzene rings is 1. The summed E-state index contributed by atoms with van der Waals surface area (Å²) in [6.45, 7) is 4.47. The maximum absolute atomic E-state index is 13.2. The third-order valence-corrected chi connectivity index (χ3v) is 5.24. The fourth-order valence-corrected chi connectivity index (χ4v) is 3.64. The van der Waals surface area contributed by atoms with Crippen LogP contribution in [0.5, 0.6) is 0 Å². The number of nitrogens with one attached hydrogen (secondary N) is 1. The normalized spacial score (nSPS) is 14.2. The average molecular weight is 442 g/mol. The van der Waals surface area contributed by atoms with Gasteiger partial charge in [-0.15, -0.1) is 0 Å². The maximum Gasteiger partial charge on any atom is 0.248 e. The molecule has 1 N–H and O–H groups in total. The summed E-state index contributed by atoms with van der Waals surface area (Å²) in [5.41, 5.74) is 2.52. The summed E-state index contributed by atoms with van der Waals surface area (Å²) in [6.07, 6.45) is 4.72. The summed E-state index contributed by atoms with van der Waals surface area (Å²) in [5.74, 6) is 0.0609. The number of aromatic nitrogens is 3. The summed E-state index contributed by atoms with van der Waals surface area (Å²) in [5, 5.41) is 7.61. The van der Waals surface area contributed by atoms with Gasteiger partial charge in [0.2, 0.25) is 5.91 Å². The number of carbonyl (C=O) groups excluding carboxylic acids is 1. The molecule has 0 spiro atoms. The van der Waals surface area contributed by atoms with Crippen LogP contribution in [0.1, 0.15) is 11.3 Å². The van der Waals surface area contributed by atoms with Gasteiger partial charge < -0.3 is 15.0 Å². The molecule has 0 unspecified atom stereocenters. The Labute approximate surface area is 184 Å². The predicted molar refractivity (Wildman–Crippen MR) is 118 cm³/mol. The molecule has 160 valence electrons. The van der Waals surface area contributed by atoms with Crippen molar-refractivity contribution in [1.29, 1.82) is 0 Å². The molecule has 1 aliphatic heterocycles. The molecule has 0 radical (unpaired) electrons. The molecule has 0 bridgehead atoms. The number of ether oxygens (including phenoxy) is 1. The quantitative estimate of drug-likeness (QED) is 0.609. The zero-order chi connectivity index (χ0) is 21.8. The fraction of sp³-hybridized carbons (Fsp3) is 0.227. The van der Waals surface area contributed by atoms with Gasteiger partial charge in [-0.2, -0.15) is 5.10 Å². The van der Waals surface area contributed by atoms with Crippen LogP contribution < -0.4 is 10.2 Å². The van der Waals surface area contributed by atoms with E-state index in [1.807, 2.05) is 6.07 Å². The van der Waals surface area contributed by atoms with Crippen LogP contribution >= 0.6 is 11.6 Å². The largest absolute Gasteiger partial charge is 0.378 e. The summed E-state index contributed by atoms with van der Waals surface area (Å²) in [7, 11) is 0. The van der Waals surface area contributed by atoms with Crippen LogP contribution in [-0.4, -0.2) is 47.0 Å². The lowest BCUT2D eigenvalue weighted by Gasteiger charge is -2.29. The van der Waals surface area contributed by atoms with Gasteiger partial charge in [0.15, 0.2) is 5.82 Å². The molecule has 1 aromatic carbocycles. The number of hydrogen-bond acceptors (Lipinski definition) is 5. The molecule has 3 aromatic rings. The first kappa shape index (κ1) is 21.0. The summed E-state index contributed by atoms with van der Waals surface area (Å²) < 4.78 is 20.1. The first-order valence-electron chi connectivity index (χ1n) is 9.81. The lowest BCUT2D eigenvalue weighted by atomic mass is 10.2. The second kappa shape index (κ2) is 9.28. The molecule has 7 nitrogen and oxygen atoms in total. The molecular formula is C22H21ClFN5O2. The van der Waals surface area contributed by atoms with Crippen molar-refractivity contribution in [2.24, 2.45) is 0 Å². The Morgan fingerprint density at radius 3 is 2.71 bits per heavy atom. The zero-order valence-corrected chi connectivity index (χ0v) is 17.6. The van der Waals surface area contributed by atoms with Crippen LogP contribution in [0, 0.1) is 12.7 Å². The number of anilines is 2. The Kier molecular flexibility index (Phi) is 6.29. The van der Waals surface area contributed by atoms with E-state index in [0.29, 0.717) is 59.9 Å².